The number of hydrogen-bond donors (Lipinski definition) is 0. The first-order valence-corrected chi connectivity index (χ1v) is 21.1. The van der Waals surface area contributed by atoms with Gasteiger partial charge in [-0.1, -0.05) is 176 Å². The van der Waals surface area contributed by atoms with E-state index >= 15 is 0 Å². The Morgan fingerprint density at radius 3 is 1.10 bits per heavy atom. The maximum atomic E-state index is 5.21. The highest BCUT2D eigenvalue weighted by Gasteiger charge is 2.19. The van der Waals surface area contributed by atoms with Crippen LogP contribution in [0.25, 0.3) is 111 Å². The topological polar surface area (TPSA) is 35.6 Å². The Kier molecular flexibility index (Phi) is 8.46. The van der Waals surface area contributed by atoms with Crippen molar-refractivity contribution in [3.63, 3.8) is 0 Å². The van der Waals surface area contributed by atoms with Gasteiger partial charge in [0.2, 0.25) is 0 Å². The molecule has 0 N–H and O–H groups in total. The fourth-order valence-electron chi connectivity index (χ4n) is 9.12. The molecule has 0 aliphatic rings. The molecular formula is C58H38N4. The molecule has 9 aromatic carbocycles. The zero-order valence-corrected chi connectivity index (χ0v) is 33.7. The van der Waals surface area contributed by atoms with E-state index in [4.69, 9.17) is 9.97 Å². The second-order valence-corrected chi connectivity index (χ2v) is 15.8. The SMILES string of the molecule is c1ccc(-c2ccc(-c3ccc(-c4nc(-c5ccccc5)cc(-c5ccc(-n6c7ccccc7c7cc8c(cc76)c6ccccc6n8-c6ccccc6)cc5)n4)cc3)cc2)cc1. The highest BCUT2D eigenvalue weighted by Crippen LogP contribution is 2.40. The van der Waals surface area contributed by atoms with Crippen LogP contribution in [0.1, 0.15) is 0 Å². The third-order valence-corrected chi connectivity index (χ3v) is 12.2. The average molecular weight is 791 g/mol. The number of hydrogen-bond acceptors (Lipinski definition) is 2. The lowest BCUT2D eigenvalue weighted by atomic mass is 9.99. The molecule has 0 atom stereocenters. The summed E-state index contributed by atoms with van der Waals surface area (Å²) in [5.41, 5.74) is 16.5. The van der Waals surface area contributed by atoms with E-state index < -0.39 is 0 Å². The van der Waals surface area contributed by atoms with Crippen LogP contribution < -0.4 is 0 Å². The summed E-state index contributed by atoms with van der Waals surface area (Å²) in [5.74, 6) is 0.692. The van der Waals surface area contributed by atoms with Crippen LogP contribution in [0.3, 0.4) is 0 Å². The summed E-state index contributed by atoms with van der Waals surface area (Å²) in [7, 11) is 0. The standard InChI is InChI=1S/C58H38N4/c1-4-14-39(15-5-1)40-24-26-41(27-25-40)42-28-30-45(31-29-42)58-59-52(43-16-6-2-7-17-43)38-53(60-58)44-32-34-47(35-33-44)62-55-23-13-11-21-49(55)51-36-56-50(37-57(51)62)48-20-10-12-22-54(48)61(56)46-18-8-3-9-19-46/h1-38H. The van der Waals surface area contributed by atoms with E-state index in [9.17, 15) is 0 Å². The van der Waals surface area contributed by atoms with Crippen molar-refractivity contribution in [1.82, 2.24) is 19.1 Å². The van der Waals surface area contributed by atoms with Crippen molar-refractivity contribution >= 4 is 43.6 Å². The molecular weight excluding hydrogens is 753 g/mol. The van der Waals surface area contributed by atoms with E-state index in [0.717, 1.165) is 45.0 Å². The molecule has 4 nitrogen and oxygen atoms in total. The number of benzene rings is 9. The average Bonchev–Trinajstić information content (AvgIpc) is 3.86. The molecule has 0 spiro atoms. The first-order chi connectivity index (χ1) is 30.7. The van der Waals surface area contributed by atoms with Gasteiger partial charge < -0.3 is 9.13 Å². The third-order valence-electron chi connectivity index (χ3n) is 12.2. The summed E-state index contributed by atoms with van der Waals surface area (Å²) in [6, 6.07) is 82.1. The number of fused-ring (bicyclic) bond motifs is 6. The van der Waals surface area contributed by atoms with E-state index in [0.29, 0.717) is 5.82 Å². The smallest absolute Gasteiger partial charge is 0.160 e. The maximum Gasteiger partial charge on any atom is 0.160 e. The van der Waals surface area contributed by atoms with Crippen molar-refractivity contribution in [2.24, 2.45) is 0 Å². The number of para-hydroxylation sites is 3. The van der Waals surface area contributed by atoms with Gasteiger partial charge >= 0.3 is 0 Å². The predicted octanol–water partition coefficient (Wildman–Crippen LogP) is 15.0. The molecule has 12 rings (SSSR count). The van der Waals surface area contributed by atoms with Crippen molar-refractivity contribution in [3.05, 3.63) is 231 Å². The summed E-state index contributed by atoms with van der Waals surface area (Å²) < 4.78 is 4.80. The van der Waals surface area contributed by atoms with E-state index in [1.807, 2.05) is 12.1 Å². The fraction of sp³-hybridized carbons (Fsp3) is 0. The van der Waals surface area contributed by atoms with Crippen LogP contribution in [-0.2, 0) is 0 Å². The molecule has 62 heavy (non-hydrogen) atoms. The molecule has 290 valence electrons. The van der Waals surface area contributed by atoms with Gasteiger partial charge in [0.05, 0.1) is 33.5 Å². The Morgan fingerprint density at radius 2 is 0.597 bits per heavy atom. The first kappa shape index (κ1) is 35.6. The summed E-state index contributed by atoms with van der Waals surface area (Å²) >= 11 is 0. The number of aromatic nitrogens is 4. The van der Waals surface area contributed by atoms with E-state index in [-0.39, 0.29) is 0 Å². The van der Waals surface area contributed by atoms with Crippen LogP contribution >= 0.6 is 0 Å². The van der Waals surface area contributed by atoms with Gasteiger partial charge in [-0.2, -0.15) is 0 Å². The summed E-state index contributed by atoms with van der Waals surface area (Å²) in [5, 5.41) is 4.91. The number of rotatable bonds is 7. The van der Waals surface area contributed by atoms with Gasteiger partial charge in [-0.05, 0) is 76.9 Å². The molecule has 0 saturated carbocycles. The van der Waals surface area contributed by atoms with E-state index in [1.165, 1.54) is 60.3 Å². The zero-order chi connectivity index (χ0) is 41.0. The molecule has 0 aliphatic carbocycles. The van der Waals surface area contributed by atoms with Gasteiger partial charge in [0.25, 0.3) is 0 Å². The van der Waals surface area contributed by atoms with Crippen LogP contribution in [0.15, 0.2) is 231 Å². The monoisotopic (exact) mass is 790 g/mol. The molecule has 0 unspecified atom stereocenters. The Balaban J connectivity index is 0.942. The molecule has 4 heteroatoms. The van der Waals surface area contributed by atoms with Gasteiger partial charge in [-0.3, -0.25) is 0 Å². The van der Waals surface area contributed by atoms with E-state index in [1.54, 1.807) is 0 Å². The Bertz CT molecular complexity index is 3570. The first-order valence-electron chi connectivity index (χ1n) is 21.1. The number of nitrogens with zero attached hydrogens (tertiary/aromatic N) is 4. The van der Waals surface area contributed by atoms with E-state index in [2.05, 4.69) is 228 Å². The van der Waals surface area contributed by atoms with Crippen LogP contribution in [0.2, 0.25) is 0 Å². The van der Waals surface area contributed by atoms with Crippen LogP contribution in [0.5, 0.6) is 0 Å². The van der Waals surface area contributed by atoms with Crippen LogP contribution in [-0.4, -0.2) is 19.1 Å². The second kappa shape index (κ2) is 14.7. The lowest BCUT2D eigenvalue weighted by molar-refractivity contribution is 1.17. The lowest BCUT2D eigenvalue weighted by Crippen LogP contribution is -1.97. The van der Waals surface area contributed by atoms with Gasteiger partial charge in [-0.25, -0.2) is 9.97 Å². The molecule has 3 heterocycles. The molecule has 0 radical (unpaired) electrons. The highest BCUT2D eigenvalue weighted by molar-refractivity contribution is 6.19. The van der Waals surface area contributed by atoms with Crippen LogP contribution in [0, 0.1) is 0 Å². The molecule has 0 fully saturated rings. The summed E-state index contributed by atoms with van der Waals surface area (Å²) in [6.07, 6.45) is 0. The highest BCUT2D eigenvalue weighted by atomic mass is 15.0. The van der Waals surface area contributed by atoms with Crippen molar-refractivity contribution in [3.8, 4) is 67.5 Å². The lowest BCUT2D eigenvalue weighted by Gasteiger charge is -2.12. The van der Waals surface area contributed by atoms with Crippen molar-refractivity contribution in [2.75, 3.05) is 0 Å². The summed E-state index contributed by atoms with van der Waals surface area (Å²) in [4.78, 5) is 10.3. The van der Waals surface area contributed by atoms with Gasteiger partial charge in [-0.15, -0.1) is 0 Å². The molecule has 12 aromatic rings. The van der Waals surface area contributed by atoms with Gasteiger partial charge in [0.1, 0.15) is 0 Å². The molecule has 0 amide bonds. The molecule has 0 saturated heterocycles. The van der Waals surface area contributed by atoms with Crippen molar-refractivity contribution in [2.45, 2.75) is 0 Å². The fourth-order valence-corrected chi connectivity index (χ4v) is 9.12. The Labute approximate surface area is 359 Å². The summed E-state index contributed by atoms with van der Waals surface area (Å²) in [6.45, 7) is 0. The van der Waals surface area contributed by atoms with Gasteiger partial charge in [0.15, 0.2) is 5.82 Å². The zero-order valence-electron chi connectivity index (χ0n) is 33.7. The normalized spacial score (nSPS) is 11.5. The minimum atomic E-state index is 0.692. The quantitative estimate of drug-likeness (QED) is 0.161. The van der Waals surface area contributed by atoms with Gasteiger partial charge in [0, 0.05) is 49.6 Å². The minimum absolute atomic E-state index is 0.692. The molecule has 3 aromatic heterocycles. The van der Waals surface area contributed by atoms with Crippen LogP contribution in [0.4, 0.5) is 0 Å². The van der Waals surface area contributed by atoms with Crippen molar-refractivity contribution in [1.29, 1.82) is 0 Å². The maximum absolute atomic E-state index is 5.21. The minimum Gasteiger partial charge on any atom is -0.309 e. The molecule has 0 aliphatic heterocycles. The third kappa shape index (κ3) is 6.08. The Hall–Kier alpha value is -8.34. The Morgan fingerprint density at radius 1 is 0.242 bits per heavy atom. The predicted molar refractivity (Wildman–Crippen MR) is 258 cm³/mol. The largest absolute Gasteiger partial charge is 0.309 e. The molecule has 0 bridgehead atoms. The second-order valence-electron chi connectivity index (χ2n) is 15.8. The van der Waals surface area contributed by atoms with Crippen molar-refractivity contribution < 1.29 is 0 Å².